The molecule has 0 spiro atoms. The Balaban J connectivity index is 2.18. The maximum Gasteiger partial charge on any atom is 0.223 e. The highest BCUT2D eigenvalue weighted by Gasteiger charge is 2.44. The summed E-state index contributed by atoms with van der Waals surface area (Å²) in [5.41, 5.74) is 8.05. The van der Waals surface area contributed by atoms with Crippen LogP contribution in [-0.2, 0) is 11.3 Å². The molecule has 18 heavy (non-hydrogen) atoms. The van der Waals surface area contributed by atoms with Gasteiger partial charge in [-0.1, -0.05) is 29.8 Å². The molecule has 1 aliphatic heterocycles. The van der Waals surface area contributed by atoms with Crippen molar-refractivity contribution in [3.05, 3.63) is 35.4 Å². The van der Waals surface area contributed by atoms with E-state index >= 15 is 0 Å². The topological polar surface area (TPSA) is 46.3 Å². The summed E-state index contributed by atoms with van der Waals surface area (Å²) < 4.78 is 0. The Bertz CT molecular complexity index is 436. The third-order valence-electron chi connectivity index (χ3n) is 4.16. The number of hydrogen-bond donors (Lipinski definition) is 1. The first-order valence-electron chi connectivity index (χ1n) is 6.51. The van der Waals surface area contributed by atoms with Crippen molar-refractivity contribution in [3.63, 3.8) is 0 Å². The largest absolute Gasteiger partial charge is 0.333 e. The third kappa shape index (κ3) is 2.27. The number of likely N-dealkylation sites (tertiary alicyclic amines) is 1. The van der Waals surface area contributed by atoms with Crippen LogP contribution >= 0.6 is 0 Å². The number of carbonyl (C=O) groups excluding carboxylic acids is 1. The van der Waals surface area contributed by atoms with Crippen molar-refractivity contribution >= 4 is 5.91 Å². The lowest BCUT2D eigenvalue weighted by Gasteiger charge is -2.35. The zero-order chi connectivity index (χ0) is 13.3. The highest BCUT2D eigenvalue weighted by molar-refractivity contribution is 5.80. The molecule has 1 amide bonds. The van der Waals surface area contributed by atoms with E-state index in [4.69, 9.17) is 5.73 Å². The molecule has 0 radical (unpaired) electrons. The minimum absolute atomic E-state index is 0.142. The van der Waals surface area contributed by atoms with Crippen molar-refractivity contribution in [1.82, 2.24) is 4.90 Å². The summed E-state index contributed by atoms with van der Waals surface area (Å²) in [6.45, 7) is 7.55. The minimum Gasteiger partial charge on any atom is -0.333 e. The fraction of sp³-hybridized carbons (Fsp3) is 0.533. The van der Waals surface area contributed by atoms with Crippen LogP contribution in [0.4, 0.5) is 0 Å². The van der Waals surface area contributed by atoms with Crippen molar-refractivity contribution in [2.45, 2.75) is 39.3 Å². The molecule has 3 heteroatoms. The molecule has 0 saturated carbocycles. The van der Waals surface area contributed by atoms with Gasteiger partial charge >= 0.3 is 0 Å². The Hall–Kier alpha value is -1.35. The Morgan fingerprint density at radius 1 is 1.33 bits per heavy atom. The van der Waals surface area contributed by atoms with Gasteiger partial charge < -0.3 is 10.6 Å². The molecule has 1 aliphatic rings. The van der Waals surface area contributed by atoms with Crippen LogP contribution in [0.2, 0.25) is 0 Å². The number of hydrogen-bond acceptors (Lipinski definition) is 2. The number of benzene rings is 1. The third-order valence-corrected chi connectivity index (χ3v) is 4.16. The van der Waals surface area contributed by atoms with Crippen LogP contribution in [0.25, 0.3) is 0 Å². The van der Waals surface area contributed by atoms with E-state index in [1.54, 1.807) is 0 Å². The van der Waals surface area contributed by atoms with E-state index in [1.165, 1.54) is 11.1 Å². The van der Waals surface area contributed by atoms with E-state index in [9.17, 15) is 4.79 Å². The lowest BCUT2D eigenvalue weighted by molar-refractivity contribution is -0.131. The number of aryl methyl sites for hydroxylation is 1. The molecule has 1 heterocycles. The molecule has 1 saturated heterocycles. The summed E-state index contributed by atoms with van der Waals surface area (Å²) >= 11 is 0. The molecule has 0 bridgehead atoms. The molecule has 2 N–H and O–H groups in total. The lowest BCUT2D eigenvalue weighted by atomic mass is 9.88. The van der Waals surface area contributed by atoms with Crippen LogP contribution < -0.4 is 5.73 Å². The van der Waals surface area contributed by atoms with Crippen molar-refractivity contribution in [1.29, 1.82) is 0 Å². The molecule has 1 unspecified atom stereocenters. The first kappa shape index (κ1) is 13.1. The van der Waals surface area contributed by atoms with Gasteiger partial charge in [-0.25, -0.2) is 0 Å². The van der Waals surface area contributed by atoms with E-state index in [2.05, 4.69) is 45.0 Å². The first-order chi connectivity index (χ1) is 8.45. The summed E-state index contributed by atoms with van der Waals surface area (Å²) in [6.07, 6.45) is 0.579. The Morgan fingerprint density at radius 2 is 1.94 bits per heavy atom. The molecule has 98 valence electrons. The fourth-order valence-electron chi connectivity index (χ4n) is 2.65. The Kier molecular flexibility index (Phi) is 3.44. The summed E-state index contributed by atoms with van der Waals surface area (Å²) in [7, 11) is 0. The molecule has 0 aliphatic carbocycles. The normalized spacial score (nSPS) is 22.6. The second-order valence-electron chi connectivity index (χ2n) is 5.76. The SMILES string of the molecule is Cc1ccc(CN2C(=O)CC(CN)C2(C)C)cc1. The van der Waals surface area contributed by atoms with Gasteiger partial charge in [0, 0.05) is 24.4 Å². The molecule has 2 rings (SSSR count). The van der Waals surface area contributed by atoms with Crippen molar-refractivity contribution in [2.24, 2.45) is 11.7 Å². The maximum atomic E-state index is 12.1. The van der Waals surface area contributed by atoms with Gasteiger partial charge in [0.25, 0.3) is 0 Å². The van der Waals surface area contributed by atoms with E-state index < -0.39 is 0 Å². The van der Waals surface area contributed by atoms with Crippen LogP contribution in [0, 0.1) is 12.8 Å². The minimum atomic E-state index is -0.142. The molecule has 1 fully saturated rings. The second-order valence-corrected chi connectivity index (χ2v) is 5.76. The summed E-state index contributed by atoms with van der Waals surface area (Å²) in [5.74, 6) is 0.478. The predicted octanol–water partition coefficient (Wildman–Crippen LogP) is 2.08. The van der Waals surface area contributed by atoms with Gasteiger partial charge in [0.1, 0.15) is 0 Å². The van der Waals surface area contributed by atoms with Crippen molar-refractivity contribution in [2.75, 3.05) is 6.54 Å². The van der Waals surface area contributed by atoms with Crippen LogP contribution in [0.15, 0.2) is 24.3 Å². The van der Waals surface area contributed by atoms with Gasteiger partial charge in [0.15, 0.2) is 0 Å². The monoisotopic (exact) mass is 246 g/mol. The number of carbonyl (C=O) groups is 1. The molecule has 0 aromatic heterocycles. The predicted molar refractivity (Wildman–Crippen MR) is 73.0 cm³/mol. The number of rotatable bonds is 3. The summed E-state index contributed by atoms with van der Waals surface area (Å²) in [5, 5.41) is 0. The maximum absolute atomic E-state index is 12.1. The van der Waals surface area contributed by atoms with E-state index in [1.807, 2.05) is 4.90 Å². The quantitative estimate of drug-likeness (QED) is 0.887. The lowest BCUT2D eigenvalue weighted by Crippen LogP contribution is -2.45. The molecular formula is C15H22N2O. The average Bonchev–Trinajstić information content (AvgIpc) is 2.54. The van der Waals surface area contributed by atoms with E-state index in [0.29, 0.717) is 19.5 Å². The van der Waals surface area contributed by atoms with Gasteiger partial charge in [0.2, 0.25) is 5.91 Å². The van der Waals surface area contributed by atoms with Gasteiger partial charge in [-0.3, -0.25) is 4.79 Å². The van der Waals surface area contributed by atoms with Crippen molar-refractivity contribution < 1.29 is 4.79 Å². The van der Waals surface area contributed by atoms with Crippen LogP contribution in [0.5, 0.6) is 0 Å². The van der Waals surface area contributed by atoms with Crippen LogP contribution in [-0.4, -0.2) is 22.9 Å². The zero-order valence-corrected chi connectivity index (χ0v) is 11.4. The van der Waals surface area contributed by atoms with Gasteiger partial charge in [0.05, 0.1) is 0 Å². The molecule has 1 aromatic rings. The zero-order valence-electron chi connectivity index (χ0n) is 11.4. The van der Waals surface area contributed by atoms with Crippen LogP contribution in [0.1, 0.15) is 31.4 Å². The number of amides is 1. The molecule has 3 nitrogen and oxygen atoms in total. The van der Waals surface area contributed by atoms with E-state index in [-0.39, 0.29) is 17.4 Å². The summed E-state index contributed by atoms with van der Waals surface area (Å²) in [4.78, 5) is 14.1. The first-order valence-corrected chi connectivity index (χ1v) is 6.51. The smallest absolute Gasteiger partial charge is 0.223 e. The van der Waals surface area contributed by atoms with Crippen LogP contribution in [0.3, 0.4) is 0 Å². The van der Waals surface area contributed by atoms with Crippen molar-refractivity contribution in [3.8, 4) is 0 Å². The molecule has 1 aromatic carbocycles. The number of nitrogens with two attached hydrogens (primary N) is 1. The standard InChI is InChI=1S/C15H22N2O/c1-11-4-6-12(7-5-11)10-17-14(18)8-13(9-16)15(17,2)3/h4-7,13H,8-10,16H2,1-3H3. The average molecular weight is 246 g/mol. The van der Waals surface area contributed by atoms with Gasteiger partial charge in [-0.05, 0) is 32.9 Å². The number of nitrogens with zero attached hydrogens (tertiary/aromatic N) is 1. The van der Waals surface area contributed by atoms with Gasteiger partial charge in [-0.2, -0.15) is 0 Å². The Labute approximate surface area is 109 Å². The molecular weight excluding hydrogens is 224 g/mol. The fourth-order valence-corrected chi connectivity index (χ4v) is 2.65. The second kappa shape index (κ2) is 4.73. The highest BCUT2D eigenvalue weighted by Crippen LogP contribution is 2.35. The van der Waals surface area contributed by atoms with E-state index in [0.717, 1.165) is 0 Å². The summed E-state index contributed by atoms with van der Waals surface area (Å²) in [6, 6.07) is 8.36. The van der Waals surface area contributed by atoms with Gasteiger partial charge in [-0.15, -0.1) is 0 Å². The molecule has 1 atom stereocenters. The highest BCUT2D eigenvalue weighted by atomic mass is 16.2. The Morgan fingerprint density at radius 3 is 2.44 bits per heavy atom.